The minimum absolute atomic E-state index is 0.213. The fraction of sp³-hybridized carbons (Fsp3) is 1.00. The molecule has 0 aromatic heterocycles. The van der Waals surface area contributed by atoms with Gasteiger partial charge in [-0.1, -0.05) is 19.3 Å². The third-order valence-corrected chi connectivity index (χ3v) is 7.74. The van der Waals surface area contributed by atoms with Crippen molar-refractivity contribution in [3.8, 4) is 0 Å². The minimum Gasteiger partial charge on any atom is -0.390 e. The molecule has 15 heteroatoms. The van der Waals surface area contributed by atoms with Crippen molar-refractivity contribution in [1.29, 1.82) is 0 Å². The first kappa shape index (κ1) is 21.6. The van der Waals surface area contributed by atoms with Crippen molar-refractivity contribution in [2.24, 2.45) is 5.92 Å². The number of aliphatic hydroxyl groups is 1. The number of hydrogen-bond acceptors (Lipinski definition) is 8. The molecule has 1 saturated heterocycles. The third kappa shape index (κ3) is 7.46. The van der Waals surface area contributed by atoms with Crippen molar-refractivity contribution >= 4 is 23.5 Å². The molecule has 2 rings (SSSR count). The highest BCUT2D eigenvalue weighted by atomic mass is 31.3. The Balaban J connectivity index is 1.81. The summed E-state index contributed by atoms with van der Waals surface area (Å²) < 4.78 is 50.5. The maximum atomic E-state index is 11.6. The van der Waals surface area contributed by atoms with Crippen LogP contribution in [0.15, 0.2) is 0 Å². The van der Waals surface area contributed by atoms with Gasteiger partial charge in [-0.3, -0.25) is 4.52 Å². The van der Waals surface area contributed by atoms with Crippen LogP contribution in [0.5, 0.6) is 0 Å². The molecule has 0 aromatic rings. The zero-order valence-electron chi connectivity index (χ0n) is 13.0. The summed E-state index contributed by atoms with van der Waals surface area (Å²) in [5.41, 5.74) is 0. The minimum atomic E-state index is -5.54. The van der Waals surface area contributed by atoms with Crippen molar-refractivity contribution < 1.29 is 56.3 Å². The van der Waals surface area contributed by atoms with E-state index in [-0.39, 0.29) is 6.10 Å². The number of ether oxygens (including phenoxy) is 1. The van der Waals surface area contributed by atoms with Gasteiger partial charge in [0, 0.05) is 6.42 Å². The van der Waals surface area contributed by atoms with Crippen LogP contribution in [0.2, 0.25) is 0 Å². The van der Waals surface area contributed by atoms with Crippen LogP contribution in [0.4, 0.5) is 0 Å². The first-order valence-corrected chi connectivity index (χ1v) is 12.0. The monoisotopic (exact) mass is 426 g/mol. The van der Waals surface area contributed by atoms with E-state index in [1.54, 1.807) is 0 Å². The fourth-order valence-electron chi connectivity index (χ4n) is 2.69. The molecular formula is C10H21O12P3. The lowest BCUT2D eigenvalue weighted by Gasteiger charge is -2.27. The molecule has 0 spiro atoms. The first-order valence-electron chi connectivity index (χ1n) is 7.47. The van der Waals surface area contributed by atoms with Crippen molar-refractivity contribution in [3.05, 3.63) is 0 Å². The molecule has 3 unspecified atom stereocenters. The van der Waals surface area contributed by atoms with Gasteiger partial charge in [0.2, 0.25) is 0 Å². The van der Waals surface area contributed by atoms with E-state index in [0.717, 1.165) is 25.7 Å². The van der Waals surface area contributed by atoms with Gasteiger partial charge in [-0.2, -0.15) is 8.62 Å². The quantitative estimate of drug-likeness (QED) is 0.330. The Morgan fingerprint density at radius 3 is 2.16 bits per heavy atom. The smallest absolute Gasteiger partial charge is 0.390 e. The predicted molar refractivity (Wildman–Crippen MR) is 81.1 cm³/mol. The second kappa shape index (κ2) is 8.14. The molecule has 5 N–H and O–H groups in total. The summed E-state index contributed by atoms with van der Waals surface area (Å²) >= 11 is 0. The first-order chi connectivity index (χ1) is 11.4. The molecule has 0 amide bonds. The molecule has 0 bridgehead atoms. The number of phosphoric acid groups is 3. The number of hydrogen-bond donors (Lipinski definition) is 5. The average molecular weight is 426 g/mol. The van der Waals surface area contributed by atoms with Gasteiger partial charge in [0.25, 0.3) is 0 Å². The Morgan fingerprint density at radius 2 is 1.64 bits per heavy atom. The highest BCUT2D eigenvalue weighted by molar-refractivity contribution is 7.66. The lowest BCUT2D eigenvalue weighted by molar-refractivity contribution is -0.0298. The van der Waals surface area contributed by atoms with Gasteiger partial charge in [-0.25, -0.2) is 13.7 Å². The van der Waals surface area contributed by atoms with Gasteiger partial charge in [0.15, 0.2) is 0 Å². The van der Waals surface area contributed by atoms with Crippen LogP contribution < -0.4 is 0 Å². The molecule has 1 aliphatic heterocycles. The lowest BCUT2D eigenvalue weighted by atomic mass is 9.81. The van der Waals surface area contributed by atoms with Gasteiger partial charge in [0.05, 0.1) is 18.8 Å². The molecule has 1 saturated carbocycles. The highest BCUT2D eigenvalue weighted by Gasteiger charge is 2.42. The Hall–Kier alpha value is 0.330. The van der Waals surface area contributed by atoms with E-state index in [1.807, 2.05) is 0 Å². The predicted octanol–water partition coefficient (Wildman–Crippen LogP) is 1.04. The molecule has 25 heavy (non-hydrogen) atoms. The van der Waals surface area contributed by atoms with E-state index < -0.39 is 42.3 Å². The van der Waals surface area contributed by atoms with Gasteiger partial charge in [0.1, 0.15) is 6.10 Å². The Morgan fingerprint density at radius 1 is 1.00 bits per heavy atom. The average Bonchev–Trinajstić information content (AvgIpc) is 2.67. The third-order valence-electron chi connectivity index (χ3n) is 3.94. The molecule has 12 nitrogen and oxygen atoms in total. The van der Waals surface area contributed by atoms with Gasteiger partial charge in [-0.05, 0) is 12.3 Å². The molecule has 0 aromatic carbocycles. The lowest BCUT2D eigenvalue weighted by Crippen LogP contribution is -2.26. The zero-order chi connectivity index (χ0) is 18.9. The van der Waals surface area contributed by atoms with Crippen molar-refractivity contribution in [3.63, 3.8) is 0 Å². The van der Waals surface area contributed by atoms with Crippen LogP contribution in [0.3, 0.4) is 0 Å². The largest absolute Gasteiger partial charge is 0.490 e. The number of aliphatic hydroxyl groups excluding tert-OH is 1. The second-order valence-electron chi connectivity index (χ2n) is 6.02. The summed E-state index contributed by atoms with van der Waals surface area (Å²) in [4.78, 5) is 35.2. The van der Waals surface area contributed by atoms with Crippen molar-refractivity contribution in [2.75, 3.05) is 6.61 Å². The standard InChI is InChI=1S/C10H21O12P3/c11-9-5-8(4-7-2-1-3-7)20-10(9)6-19-24(15,16)22-25(17,18)21-23(12,13)14/h7-11H,1-6H2,(H,15,16)(H,17,18)(H2,12,13,14)/t8-,9?,10+/m0/s1. The highest BCUT2D eigenvalue weighted by Crippen LogP contribution is 2.66. The van der Waals surface area contributed by atoms with Crippen molar-refractivity contribution in [1.82, 2.24) is 0 Å². The Kier molecular flexibility index (Phi) is 7.04. The Labute approximate surface area is 143 Å². The van der Waals surface area contributed by atoms with Crippen LogP contribution in [0.1, 0.15) is 32.1 Å². The summed E-state index contributed by atoms with van der Waals surface area (Å²) in [5.74, 6) is 0.536. The molecule has 0 radical (unpaired) electrons. The SMILES string of the molecule is O=P(O)(O)OP(=O)(O)OP(=O)(O)OC[C@H]1O[C@@H](CC2CCC2)CC1O. The van der Waals surface area contributed by atoms with Crippen LogP contribution in [-0.4, -0.2) is 49.6 Å². The maximum absolute atomic E-state index is 11.6. The summed E-state index contributed by atoms with van der Waals surface area (Å²) in [5, 5.41) is 9.90. The molecule has 1 aliphatic carbocycles. The van der Waals surface area contributed by atoms with E-state index >= 15 is 0 Å². The van der Waals surface area contributed by atoms with E-state index in [0.29, 0.717) is 12.3 Å². The molecule has 1 heterocycles. The fourth-order valence-corrected chi connectivity index (χ4v) is 5.72. The van der Waals surface area contributed by atoms with E-state index in [4.69, 9.17) is 19.4 Å². The van der Waals surface area contributed by atoms with Crippen LogP contribution in [-0.2, 0) is 31.6 Å². The second-order valence-corrected chi connectivity index (χ2v) is 10.4. The summed E-state index contributed by atoms with van der Waals surface area (Å²) in [6, 6.07) is 0. The van der Waals surface area contributed by atoms with Crippen LogP contribution in [0.25, 0.3) is 0 Å². The van der Waals surface area contributed by atoms with Crippen molar-refractivity contribution in [2.45, 2.75) is 50.4 Å². The van der Waals surface area contributed by atoms with Crippen LogP contribution >= 0.6 is 23.5 Å². The molecule has 2 aliphatic rings. The van der Waals surface area contributed by atoms with Gasteiger partial charge < -0.3 is 29.4 Å². The summed E-state index contributed by atoms with van der Waals surface area (Å²) in [6.45, 7) is -0.619. The van der Waals surface area contributed by atoms with Gasteiger partial charge >= 0.3 is 23.5 Å². The summed E-state index contributed by atoms with van der Waals surface area (Å²) in [6.07, 6.45) is 2.37. The molecule has 5 atom stereocenters. The Bertz CT molecular complexity index is 600. The maximum Gasteiger partial charge on any atom is 0.490 e. The van der Waals surface area contributed by atoms with E-state index in [2.05, 4.69) is 13.1 Å². The number of rotatable bonds is 9. The molecule has 148 valence electrons. The van der Waals surface area contributed by atoms with Gasteiger partial charge in [-0.15, -0.1) is 0 Å². The number of phosphoric ester groups is 1. The molecular weight excluding hydrogens is 405 g/mol. The zero-order valence-corrected chi connectivity index (χ0v) is 15.7. The topological polar surface area (TPSA) is 189 Å². The van der Waals surface area contributed by atoms with Crippen LogP contribution in [0, 0.1) is 5.92 Å². The normalized spacial score (nSPS) is 32.8. The van der Waals surface area contributed by atoms with E-state index in [1.165, 1.54) is 0 Å². The van der Waals surface area contributed by atoms with E-state index in [9.17, 15) is 23.7 Å². The molecule has 2 fully saturated rings. The summed E-state index contributed by atoms with van der Waals surface area (Å²) in [7, 11) is -16.2.